The number of aryl methyl sites for hydroxylation is 1. The Balaban J connectivity index is 1.56. The molecule has 4 rings (SSSR count). The number of carbonyl (C=O) groups is 1. The Morgan fingerprint density at radius 3 is 2.96 bits per heavy atom. The van der Waals surface area contributed by atoms with Gasteiger partial charge in [0.1, 0.15) is 11.4 Å². The molecule has 9 heteroatoms. The number of rotatable bonds is 4. The fourth-order valence-corrected chi connectivity index (χ4v) is 3.30. The van der Waals surface area contributed by atoms with E-state index in [-0.39, 0.29) is 18.0 Å². The largest absolute Gasteiger partial charge is 0.333 e. The van der Waals surface area contributed by atoms with E-state index in [4.69, 9.17) is 4.52 Å². The van der Waals surface area contributed by atoms with Gasteiger partial charge >= 0.3 is 0 Å². The lowest BCUT2D eigenvalue weighted by Crippen LogP contribution is -2.27. The highest BCUT2D eigenvalue weighted by Crippen LogP contribution is 2.32. The summed E-state index contributed by atoms with van der Waals surface area (Å²) in [6, 6.07) is 8.76. The van der Waals surface area contributed by atoms with Crippen LogP contribution in [0.3, 0.4) is 0 Å². The number of hydrogen-bond acceptors (Lipinski definition) is 7. The topological polar surface area (TPSA) is 103 Å². The molecule has 0 aliphatic rings. The van der Waals surface area contributed by atoms with Crippen molar-refractivity contribution in [1.82, 2.24) is 19.7 Å². The maximum Gasteiger partial charge on any atom is 0.270 e. The summed E-state index contributed by atoms with van der Waals surface area (Å²) in [5, 5.41) is 8.82. The van der Waals surface area contributed by atoms with Gasteiger partial charge in [-0.15, -0.1) is 11.3 Å². The molecule has 0 fully saturated rings. The zero-order valence-electron chi connectivity index (χ0n) is 13.7. The quantitative estimate of drug-likeness (QED) is 0.594. The summed E-state index contributed by atoms with van der Waals surface area (Å²) in [6.45, 7) is 1.58. The fraction of sp³-hybridized carbons (Fsp3) is 0.118. The first-order valence-electron chi connectivity index (χ1n) is 7.74. The number of carbonyl (C=O) groups excluding carboxylic acids is 1. The van der Waals surface area contributed by atoms with Crippen molar-refractivity contribution < 1.29 is 9.32 Å². The third-order valence-electron chi connectivity index (χ3n) is 3.71. The molecule has 0 aliphatic heterocycles. The molecule has 4 aromatic rings. The van der Waals surface area contributed by atoms with E-state index in [9.17, 15) is 9.59 Å². The van der Waals surface area contributed by atoms with E-state index >= 15 is 0 Å². The molecule has 0 atom stereocenters. The highest BCUT2D eigenvalue weighted by atomic mass is 32.1. The van der Waals surface area contributed by atoms with Crippen molar-refractivity contribution in [3.8, 4) is 10.8 Å². The van der Waals surface area contributed by atoms with Gasteiger partial charge in [-0.1, -0.05) is 17.3 Å². The van der Waals surface area contributed by atoms with Gasteiger partial charge in [-0.05, 0) is 30.5 Å². The van der Waals surface area contributed by atoms with Crippen LogP contribution in [0, 0.1) is 6.92 Å². The van der Waals surface area contributed by atoms with E-state index in [1.54, 1.807) is 31.2 Å². The van der Waals surface area contributed by atoms with E-state index in [0.717, 1.165) is 0 Å². The fourth-order valence-electron chi connectivity index (χ4n) is 2.53. The number of fused-ring (bicyclic) bond motifs is 1. The van der Waals surface area contributed by atoms with Crippen LogP contribution in [-0.4, -0.2) is 25.6 Å². The van der Waals surface area contributed by atoms with Crippen molar-refractivity contribution in [3.63, 3.8) is 0 Å². The molecule has 0 unspecified atom stereocenters. The van der Waals surface area contributed by atoms with Crippen LogP contribution >= 0.6 is 11.3 Å². The molecule has 26 heavy (non-hydrogen) atoms. The second-order valence-electron chi connectivity index (χ2n) is 5.55. The summed E-state index contributed by atoms with van der Waals surface area (Å²) in [6.07, 6.45) is 1.38. The van der Waals surface area contributed by atoms with Gasteiger partial charge in [0.2, 0.25) is 5.91 Å². The summed E-state index contributed by atoms with van der Waals surface area (Å²) < 4.78 is 6.43. The predicted molar refractivity (Wildman–Crippen MR) is 97.0 cm³/mol. The molecule has 0 saturated carbocycles. The smallest absolute Gasteiger partial charge is 0.270 e. The molecule has 1 amide bonds. The van der Waals surface area contributed by atoms with Gasteiger partial charge < -0.3 is 9.84 Å². The molecule has 0 saturated heterocycles. The van der Waals surface area contributed by atoms with Crippen molar-refractivity contribution in [1.29, 1.82) is 0 Å². The molecule has 0 aliphatic carbocycles. The number of thiophene rings is 1. The molecule has 0 spiro atoms. The lowest BCUT2D eigenvalue weighted by atomic mass is 10.2. The molecule has 3 aromatic heterocycles. The summed E-state index contributed by atoms with van der Waals surface area (Å²) in [5.41, 5.74) is 0.898. The molecule has 3 heterocycles. The monoisotopic (exact) mass is 367 g/mol. The van der Waals surface area contributed by atoms with E-state index in [2.05, 4.69) is 20.4 Å². The lowest BCUT2D eigenvalue weighted by molar-refractivity contribution is -0.116. The van der Waals surface area contributed by atoms with E-state index < -0.39 is 0 Å². The van der Waals surface area contributed by atoms with Crippen LogP contribution in [0.25, 0.3) is 21.7 Å². The minimum Gasteiger partial charge on any atom is -0.333 e. The Kier molecular flexibility index (Phi) is 4.05. The third-order valence-corrected chi connectivity index (χ3v) is 4.61. The van der Waals surface area contributed by atoms with Crippen LogP contribution in [0.4, 0.5) is 5.69 Å². The number of benzene rings is 1. The predicted octanol–water partition coefficient (Wildman–Crippen LogP) is 2.46. The van der Waals surface area contributed by atoms with Gasteiger partial charge in [0, 0.05) is 0 Å². The molecule has 0 radical (unpaired) electrons. The van der Waals surface area contributed by atoms with Crippen LogP contribution in [0.2, 0.25) is 0 Å². The first-order valence-corrected chi connectivity index (χ1v) is 8.62. The number of anilines is 1. The third kappa shape index (κ3) is 3.00. The minimum atomic E-state index is -0.347. The summed E-state index contributed by atoms with van der Waals surface area (Å²) >= 11 is 1.38. The number of hydrogen-bond donors (Lipinski definition) is 1. The Hall–Kier alpha value is -3.33. The van der Waals surface area contributed by atoms with Gasteiger partial charge in [-0.3, -0.25) is 14.2 Å². The molecular weight excluding hydrogens is 354 g/mol. The number of aromatic nitrogens is 4. The number of amides is 1. The van der Waals surface area contributed by atoms with E-state index in [1.165, 1.54) is 22.2 Å². The number of nitrogens with one attached hydrogen (secondary N) is 1. The number of para-hydroxylation sites is 1. The maximum absolute atomic E-state index is 12.5. The average Bonchev–Trinajstić information content (AvgIpc) is 3.26. The maximum atomic E-state index is 12.5. The van der Waals surface area contributed by atoms with E-state index in [0.29, 0.717) is 33.2 Å². The summed E-state index contributed by atoms with van der Waals surface area (Å²) in [7, 11) is 0. The van der Waals surface area contributed by atoms with Crippen LogP contribution < -0.4 is 10.9 Å². The summed E-state index contributed by atoms with van der Waals surface area (Å²) in [5.74, 6) is 0.511. The SMILES string of the molecule is Cc1noc(-c2sccc2NC(=O)Cn2cnc3ccccc3c2=O)n1. The van der Waals surface area contributed by atoms with E-state index in [1.807, 2.05) is 11.4 Å². The van der Waals surface area contributed by atoms with Gasteiger partial charge in [-0.25, -0.2) is 4.98 Å². The Labute approximate surface area is 151 Å². The van der Waals surface area contributed by atoms with Crippen LogP contribution in [-0.2, 0) is 11.3 Å². The molecular formula is C17H13N5O3S. The zero-order valence-corrected chi connectivity index (χ0v) is 14.5. The Morgan fingerprint density at radius 2 is 2.15 bits per heavy atom. The average molecular weight is 367 g/mol. The highest BCUT2D eigenvalue weighted by molar-refractivity contribution is 7.14. The molecule has 0 bridgehead atoms. The van der Waals surface area contributed by atoms with Gasteiger partial charge in [-0.2, -0.15) is 4.98 Å². The second kappa shape index (κ2) is 6.52. The standard InChI is InChI=1S/C17H13N5O3S/c1-10-19-16(25-21-10)15-13(6-7-26-15)20-14(23)8-22-9-18-12-5-3-2-4-11(12)17(22)24/h2-7,9H,8H2,1H3,(H,20,23). The molecule has 1 aromatic carbocycles. The van der Waals surface area contributed by atoms with Crippen molar-refractivity contribution in [3.05, 3.63) is 58.2 Å². The zero-order chi connectivity index (χ0) is 18.1. The normalized spacial score (nSPS) is 11.0. The van der Waals surface area contributed by atoms with Gasteiger partial charge in [0.05, 0.1) is 22.9 Å². The lowest BCUT2D eigenvalue weighted by Gasteiger charge is -2.07. The molecule has 1 N–H and O–H groups in total. The molecule has 8 nitrogen and oxygen atoms in total. The molecule has 130 valence electrons. The van der Waals surface area contributed by atoms with Crippen molar-refractivity contribution >= 4 is 33.8 Å². The van der Waals surface area contributed by atoms with Gasteiger partial charge in [0.25, 0.3) is 11.4 Å². The minimum absolute atomic E-state index is 0.144. The van der Waals surface area contributed by atoms with Crippen LogP contribution in [0.1, 0.15) is 5.82 Å². The Bertz CT molecular complexity index is 1160. The van der Waals surface area contributed by atoms with Crippen LogP contribution in [0.15, 0.2) is 51.4 Å². The first-order chi connectivity index (χ1) is 12.6. The second-order valence-corrected chi connectivity index (χ2v) is 6.47. The Morgan fingerprint density at radius 1 is 1.31 bits per heavy atom. The number of nitrogens with zero attached hydrogens (tertiary/aromatic N) is 4. The first kappa shape index (κ1) is 16.2. The van der Waals surface area contributed by atoms with Gasteiger partial charge in [0.15, 0.2) is 5.82 Å². The summed E-state index contributed by atoms with van der Waals surface area (Å²) in [4.78, 5) is 33.9. The highest BCUT2D eigenvalue weighted by Gasteiger charge is 2.16. The van der Waals surface area contributed by atoms with Crippen molar-refractivity contribution in [2.45, 2.75) is 13.5 Å². The van der Waals surface area contributed by atoms with Crippen LogP contribution in [0.5, 0.6) is 0 Å². The van der Waals surface area contributed by atoms with Crippen molar-refractivity contribution in [2.75, 3.05) is 5.32 Å². The van der Waals surface area contributed by atoms with Crippen molar-refractivity contribution in [2.24, 2.45) is 0 Å².